The van der Waals surface area contributed by atoms with Gasteiger partial charge in [-0.1, -0.05) is 18.2 Å². The van der Waals surface area contributed by atoms with E-state index in [0.717, 1.165) is 37.5 Å². The molecule has 24 heavy (non-hydrogen) atoms. The molecular formula is C20H27NO3. The molecule has 4 heteroatoms. The number of hydrogen-bond acceptors (Lipinski definition) is 4. The van der Waals surface area contributed by atoms with Crippen LogP contribution in [0.3, 0.4) is 0 Å². The van der Waals surface area contributed by atoms with Crippen LogP contribution in [0.5, 0.6) is 11.5 Å². The first-order valence-electron chi connectivity index (χ1n) is 9.01. The largest absolute Gasteiger partial charge is 0.493 e. The SMILES string of the molecule is COc1ccc([C@@]23C=C[C@@H](O)C[C@@H]2N(C)CC3)cc1OCC1CC1. The topological polar surface area (TPSA) is 41.9 Å². The molecule has 0 bridgehead atoms. The van der Waals surface area contributed by atoms with Crippen molar-refractivity contribution < 1.29 is 14.6 Å². The van der Waals surface area contributed by atoms with E-state index in [1.807, 2.05) is 12.1 Å². The lowest BCUT2D eigenvalue weighted by molar-refractivity contribution is 0.137. The van der Waals surface area contributed by atoms with Gasteiger partial charge in [0, 0.05) is 11.5 Å². The normalized spacial score (nSPS) is 32.6. The van der Waals surface area contributed by atoms with Crippen LogP contribution in [-0.2, 0) is 5.41 Å². The van der Waals surface area contributed by atoms with Crippen LogP contribution in [0, 0.1) is 5.92 Å². The van der Waals surface area contributed by atoms with Crippen LogP contribution >= 0.6 is 0 Å². The first kappa shape index (κ1) is 16.0. The summed E-state index contributed by atoms with van der Waals surface area (Å²) in [6.07, 6.45) is 8.27. The fourth-order valence-electron chi connectivity index (χ4n) is 4.26. The number of aliphatic hydroxyl groups excluding tert-OH is 1. The average molecular weight is 329 g/mol. The van der Waals surface area contributed by atoms with Gasteiger partial charge in [-0.2, -0.15) is 0 Å². The number of hydrogen-bond donors (Lipinski definition) is 1. The number of nitrogens with zero attached hydrogens (tertiary/aromatic N) is 1. The molecular weight excluding hydrogens is 302 g/mol. The van der Waals surface area contributed by atoms with E-state index in [-0.39, 0.29) is 11.5 Å². The third-order valence-corrected chi connectivity index (χ3v) is 5.96. The van der Waals surface area contributed by atoms with E-state index in [2.05, 4.69) is 30.2 Å². The van der Waals surface area contributed by atoms with Crippen molar-refractivity contribution in [3.63, 3.8) is 0 Å². The molecule has 3 aliphatic rings. The maximum Gasteiger partial charge on any atom is 0.161 e. The summed E-state index contributed by atoms with van der Waals surface area (Å²) in [5.41, 5.74) is 1.24. The molecule has 0 aromatic heterocycles. The maximum atomic E-state index is 10.1. The van der Waals surface area contributed by atoms with Crippen molar-refractivity contribution in [1.82, 2.24) is 4.90 Å². The predicted molar refractivity (Wildman–Crippen MR) is 93.7 cm³/mol. The van der Waals surface area contributed by atoms with Crippen LogP contribution < -0.4 is 9.47 Å². The molecule has 0 unspecified atom stereocenters. The third kappa shape index (κ3) is 2.72. The lowest BCUT2D eigenvalue weighted by Crippen LogP contribution is -2.44. The molecule has 1 aromatic carbocycles. The molecule has 2 fully saturated rings. The number of benzene rings is 1. The van der Waals surface area contributed by atoms with Crippen LogP contribution in [0.1, 0.15) is 31.2 Å². The summed E-state index contributed by atoms with van der Waals surface area (Å²) in [5.74, 6) is 2.37. The van der Waals surface area contributed by atoms with Gasteiger partial charge in [0.15, 0.2) is 11.5 Å². The minimum Gasteiger partial charge on any atom is -0.493 e. The predicted octanol–water partition coefficient (Wildman–Crippen LogP) is 2.75. The number of likely N-dealkylation sites (tertiary alicyclic amines) is 1. The van der Waals surface area contributed by atoms with Crippen LogP contribution in [0.25, 0.3) is 0 Å². The Kier molecular flexibility index (Phi) is 4.05. The maximum absolute atomic E-state index is 10.1. The lowest BCUT2D eigenvalue weighted by Gasteiger charge is -2.39. The van der Waals surface area contributed by atoms with Crippen molar-refractivity contribution in [2.75, 3.05) is 27.3 Å². The average Bonchev–Trinajstić information content (AvgIpc) is 3.37. The van der Waals surface area contributed by atoms with E-state index in [4.69, 9.17) is 9.47 Å². The Bertz CT molecular complexity index is 640. The highest BCUT2D eigenvalue weighted by Gasteiger charge is 2.48. The van der Waals surface area contributed by atoms with E-state index in [0.29, 0.717) is 12.0 Å². The Morgan fingerprint density at radius 3 is 2.88 bits per heavy atom. The van der Waals surface area contributed by atoms with Crippen LogP contribution in [-0.4, -0.2) is 49.5 Å². The van der Waals surface area contributed by atoms with E-state index in [1.165, 1.54) is 18.4 Å². The van der Waals surface area contributed by atoms with Gasteiger partial charge in [-0.25, -0.2) is 0 Å². The van der Waals surface area contributed by atoms with Gasteiger partial charge < -0.3 is 19.5 Å². The molecule has 1 N–H and O–H groups in total. The van der Waals surface area contributed by atoms with Crippen LogP contribution in [0.4, 0.5) is 0 Å². The van der Waals surface area contributed by atoms with E-state index < -0.39 is 0 Å². The molecule has 1 saturated heterocycles. The van der Waals surface area contributed by atoms with Crippen LogP contribution in [0.15, 0.2) is 30.4 Å². The Morgan fingerprint density at radius 1 is 1.29 bits per heavy atom. The molecule has 0 radical (unpaired) electrons. The number of fused-ring (bicyclic) bond motifs is 1. The summed E-state index contributed by atoms with van der Waals surface area (Å²) in [5, 5.41) is 10.1. The van der Waals surface area contributed by atoms with Gasteiger partial charge in [-0.05, 0) is 62.9 Å². The van der Waals surface area contributed by atoms with Crippen molar-refractivity contribution in [3.8, 4) is 11.5 Å². The fourth-order valence-corrected chi connectivity index (χ4v) is 4.26. The summed E-state index contributed by atoms with van der Waals surface area (Å²) < 4.78 is 11.6. The highest BCUT2D eigenvalue weighted by Crippen LogP contribution is 2.47. The number of ether oxygens (including phenoxy) is 2. The monoisotopic (exact) mass is 329 g/mol. The van der Waals surface area contributed by atoms with Gasteiger partial charge in [0.05, 0.1) is 19.8 Å². The molecule has 1 aromatic rings. The minimum atomic E-state index is -0.340. The summed E-state index contributed by atoms with van der Waals surface area (Å²) in [7, 11) is 3.85. The van der Waals surface area contributed by atoms with Gasteiger partial charge in [0.1, 0.15) is 0 Å². The summed E-state index contributed by atoms with van der Waals surface area (Å²) in [4.78, 5) is 2.38. The Morgan fingerprint density at radius 2 is 2.12 bits per heavy atom. The van der Waals surface area contributed by atoms with E-state index >= 15 is 0 Å². The summed E-state index contributed by atoms with van der Waals surface area (Å²) >= 11 is 0. The number of likely N-dealkylation sites (N-methyl/N-ethyl adjacent to an activating group) is 1. The molecule has 1 aliphatic heterocycles. The van der Waals surface area contributed by atoms with Crippen molar-refractivity contribution >= 4 is 0 Å². The summed E-state index contributed by atoms with van der Waals surface area (Å²) in [6, 6.07) is 6.69. The molecule has 1 saturated carbocycles. The van der Waals surface area contributed by atoms with Gasteiger partial charge >= 0.3 is 0 Å². The lowest BCUT2D eigenvalue weighted by atomic mass is 9.69. The molecule has 3 atom stereocenters. The Labute approximate surface area is 144 Å². The highest BCUT2D eigenvalue weighted by atomic mass is 16.5. The van der Waals surface area contributed by atoms with Crippen molar-refractivity contribution in [3.05, 3.63) is 35.9 Å². The van der Waals surface area contributed by atoms with Gasteiger partial charge in [-0.15, -0.1) is 0 Å². The zero-order valence-corrected chi connectivity index (χ0v) is 14.6. The fraction of sp³-hybridized carbons (Fsp3) is 0.600. The second-order valence-electron chi connectivity index (χ2n) is 7.57. The molecule has 1 heterocycles. The van der Waals surface area contributed by atoms with Crippen molar-refractivity contribution in [2.45, 2.75) is 43.2 Å². The number of aliphatic hydroxyl groups is 1. The van der Waals surface area contributed by atoms with Crippen LogP contribution in [0.2, 0.25) is 0 Å². The zero-order valence-electron chi connectivity index (χ0n) is 14.6. The first-order chi connectivity index (χ1) is 11.6. The third-order valence-electron chi connectivity index (χ3n) is 5.96. The highest BCUT2D eigenvalue weighted by molar-refractivity contribution is 5.48. The Balaban J connectivity index is 1.69. The molecule has 4 rings (SSSR count). The number of rotatable bonds is 5. The standard InChI is InChI=1S/C20H27NO3/c1-21-10-9-20(8-7-16(22)12-19(20)21)15-5-6-17(23-2)18(11-15)24-13-14-3-4-14/h5-8,11,14,16,19,22H,3-4,9-10,12-13H2,1-2H3/t16-,19+,20+/m1/s1. The second kappa shape index (κ2) is 6.08. The van der Waals surface area contributed by atoms with Crippen molar-refractivity contribution in [2.24, 2.45) is 5.92 Å². The van der Waals surface area contributed by atoms with Gasteiger partial charge in [0.2, 0.25) is 0 Å². The molecule has 0 spiro atoms. The van der Waals surface area contributed by atoms with E-state index in [9.17, 15) is 5.11 Å². The van der Waals surface area contributed by atoms with Gasteiger partial charge in [0.25, 0.3) is 0 Å². The van der Waals surface area contributed by atoms with E-state index in [1.54, 1.807) is 7.11 Å². The minimum absolute atomic E-state index is 0.0298. The summed E-state index contributed by atoms with van der Waals surface area (Å²) in [6.45, 7) is 1.83. The molecule has 130 valence electrons. The zero-order chi connectivity index (χ0) is 16.7. The molecule has 4 nitrogen and oxygen atoms in total. The first-order valence-corrected chi connectivity index (χ1v) is 9.01. The Hall–Kier alpha value is -1.52. The quantitative estimate of drug-likeness (QED) is 0.844. The molecule has 2 aliphatic carbocycles. The molecule has 0 amide bonds. The van der Waals surface area contributed by atoms with Crippen molar-refractivity contribution in [1.29, 1.82) is 0 Å². The van der Waals surface area contributed by atoms with Gasteiger partial charge in [-0.3, -0.25) is 0 Å². The number of methoxy groups -OCH3 is 1. The smallest absolute Gasteiger partial charge is 0.161 e. The second-order valence-corrected chi connectivity index (χ2v) is 7.57.